The van der Waals surface area contributed by atoms with Crippen molar-refractivity contribution in [2.75, 3.05) is 10.6 Å². The van der Waals surface area contributed by atoms with Crippen LogP contribution in [0.15, 0.2) is 29.1 Å². The third-order valence-electron chi connectivity index (χ3n) is 2.52. The molecule has 0 radical (unpaired) electrons. The second-order valence-electron chi connectivity index (χ2n) is 3.94. The molecule has 1 aromatic carbocycles. The number of nitrogen functional groups attached to an aromatic ring is 1. The van der Waals surface area contributed by atoms with E-state index >= 15 is 0 Å². The standard InChI is InChI=1S/C12H12N4O3/c1-7-3-2-4-8(5-7)16(6-17)9-10(18)14-12(13)15-11(9)19/h2-6H,1H3,(H4,13,14,15,18,19). The zero-order valence-corrected chi connectivity index (χ0v) is 10.1. The van der Waals surface area contributed by atoms with Gasteiger partial charge in [0.1, 0.15) is 0 Å². The van der Waals surface area contributed by atoms with Crippen molar-refractivity contribution in [1.82, 2.24) is 9.97 Å². The summed E-state index contributed by atoms with van der Waals surface area (Å²) in [6.45, 7) is 1.85. The van der Waals surface area contributed by atoms with Crippen LogP contribution in [0.2, 0.25) is 0 Å². The maximum absolute atomic E-state index is 11.8. The van der Waals surface area contributed by atoms with Gasteiger partial charge in [-0.3, -0.25) is 19.5 Å². The monoisotopic (exact) mass is 260 g/mol. The second-order valence-corrected chi connectivity index (χ2v) is 3.94. The Balaban J connectivity index is 2.61. The number of aromatic hydroxyl groups is 1. The largest absolute Gasteiger partial charge is 0.492 e. The summed E-state index contributed by atoms with van der Waals surface area (Å²) in [7, 11) is 0. The number of aryl methyl sites for hydroxylation is 1. The highest BCUT2D eigenvalue weighted by molar-refractivity contribution is 5.88. The van der Waals surface area contributed by atoms with Crippen molar-refractivity contribution < 1.29 is 9.90 Å². The Morgan fingerprint density at radius 3 is 2.79 bits per heavy atom. The van der Waals surface area contributed by atoms with Crippen molar-refractivity contribution in [3.63, 3.8) is 0 Å². The number of hydrogen-bond acceptors (Lipinski definition) is 5. The molecule has 7 heteroatoms. The Bertz CT molecular complexity index is 681. The van der Waals surface area contributed by atoms with Crippen LogP contribution in [0, 0.1) is 6.92 Å². The van der Waals surface area contributed by atoms with Crippen LogP contribution in [0.3, 0.4) is 0 Å². The van der Waals surface area contributed by atoms with Gasteiger partial charge in [0.05, 0.1) is 0 Å². The fraction of sp³-hybridized carbons (Fsp3) is 0.0833. The maximum Gasteiger partial charge on any atom is 0.280 e. The number of hydrogen-bond donors (Lipinski definition) is 3. The molecule has 98 valence electrons. The second kappa shape index (κ2) is 4.81. The topological polar surface area (TPSA) is 112 Å². The zero-order chi connectivity index (χ0) is 14.0. The van der Waals surface area contributed by atoms with Gasteiger partial charge in [-0.25, -0.2) is 0 Å². The van der Waals surface area contributed by atoms with Crippen LogP contribution in [0.25, 0.3) is 0 Å². The van der Waals surface area contributed by atoms with E-state index in [0.717, 1.165) is 10.5 Å². The summed E-state index contributed by atoms with van der Waals surface area (Å²) >= 11 is 0. The number of H-pyrrole nitrogens is 1. The van der Waals surface area contributed by atoms with Crippen LogP contribution in [-0.4, -0.2) is 21.5 Å². The summed E-state index contributed by atoms with van der Waals surface area (Å²) in [6, 6.07) is 6.91. The van der Waals surface area contributed by atoms with E-state index in [4.69, 9.17) is 5.73 Å². The van der Waals surface area contributed by atoms with E-state index in [0.29, 0.717) is 12.1 Å². The van der Waals surface area contributed by atoms with Crippen LogP contribution in [0.4, 0.5) is 17.3 Å². The molecule has 4 N–H and O–H groups in total. The Kier molecular flexibility index (Phi) is 3.19. The minimum absolute atomic E-state index is 0.221. The molecule has 2 rings (SSSR count). The van der Waals surface area contributed by atoms with Crippen LogP contribution < -0.4 is 16.2 Å². The summed E-state index contributed by atoms with van der Waals surface area (Å²) in [5, 5.41) is 9.69. The Labute approximate surface area is 108 Å². The van der Waals surface area contributed by atoms with Crippen molar-refractivity contribution in [3.05, 3.63) is 40.2 Å². The van der Waals surface area contributed by atoms with Crippen LogP contribution in [-0.2, 0) is 4.79 Å². The molecular weight excluding hydrogens is 248 g/mol. The van der Waals surface area contributed by atoms with Gasteiger partial charge in [-0.15, -0.1) is 0 Å². The van der Waals surface area contributed by atoms with Gasteiger partial charge in [-0.05, 0) is 24.6 Å². The van der Waals surface area contributed by atoms with Crippen molar-refractivity contribution in [2.24, 2.45) is 0 Å². The Hall–Kier alpha value is -2.83. The lowest BCUT2D eigenvalue weighted by Gasteiger charge is -2.17. The van der Waals surface area contributed by atoms with Crippen LogP contribution in [0.5, 0.6) is 5.88 Å². The predicted octanol–water partition coefficient (Wildman–Crippen LogP) is 0.661. The molecule has 0 bridgehead atoms. The fourth-order valence-electron chi connectivity index (χ4n) is 1.71. The smallest absolute Gasteiger partial charge is 0.280 e. The number of nitrogens with zero attached hydrogens (tertiary/aromatic N) is 2. The van der Waals surface area contributed by atoms with E-state index in [9.17, 15) is 14.7 Å². The SMILES string of the molecule is Cc1cccc(N(C=O)c2c(O)nc(N)[nH]c2=O)c1. The first-order valence-corrected chi connectivity index (χ1v) is 5.43. The first kappa shape index (κ1) is 12.6. The van der Waals surface area contributed by atoms with E-state index in [1.165, 1.54) is 0 Å². The van der Waals surface area contributed by atoms with Gasteiger partial charge < -0.3 is 10.8 Å². The number of carbonyl (C=O) groups is 1. The number of aromatic nitrogens is 2. The molecule has 0 atom stereocenters. The van der Waals surface area contributed by atoms with E-state index in [2.05, 4.69) is 9.97 Å². The Morgan fingerprint density at radius 1 is 1.47 bits per heavy atom. The molecule has 0 spiro atoms. The quantitative estimate of drug-likeness (QED) is 0.702. The van der Waals surface area contributed by atoms with Gasteiger partial charge in [0.25, 0.3) is 5.56 Å². The lowest BCUT2D eigenvalue weighted by molar-refractivity contribution is -0.106. The third kappa shape index (κ3) is 2.39. The molecule has 0 aliphatic carbocycles. The molecule has 0 saturated heterocycles. The number of amides is 1. The lowest BCUT2D eigenvalue weighted by atomic mass is 10.2. The minimum Gasteiger partial charge on any atom is -0.492 e. The molecular formula is C12H12N4O3. The normalized spacial score (nSPS) is 10.2. The minimum atomic E-state index is -0.696. The van der Waals surface area contributed by atoms with Gasteiger partial charge in [0.15, 0.2) is 5.69 Å². The third-order valence-corrected chi connectivity index (χ3v) is 2.52. The number of rotatable bonds is 3. The summed E-state index contributed by atoms with van der Waals surface area (Å²) in [5.41, 5.74) is 5.69. The summed E-state index contributed by atoms with van der Waals surface area (Å²) < 4.78 is 0. The number of aromatic amines is 1. The summed E-state index contributed by atoms with van der Waals surface area (Å²) in [6.07, 6.45) is 0.428. The van der Waals surface area contributed by atoms with E-state index < -0.39 is 11.4 Å². The number of nitrogens with two attached hydrogens (primary N) is 1. The number of carbonyl (C=O) groups excluding carboxylic acids is 1. The highest BCUT2D eigenvalue weighted by Crippen LogP contribution is 2.27. The number of benzene rings is 1. The fourth-order valence-corrected chi connectivity index (χ4v) is 1.71. The van der Waals surface area contributed by atoms with Crippen molar-refractivity contribution in [2.45, 2.75) is 6.92 Å². The molecule has 1 amide bonds. The zero-order valence-electron chi connectivity index (χ0n) is 10.1. The highest BCUT2D eigenvalue weighted by Gasteiger charge is 2.18. The van der Waals surface area contributed by atoms with Gasteiger partial charge in [-0.1, -0.05) is 12.1 Å². The van der Waals surface area contributed by atoms with Crippen molar-refractivity contribution in [3.8, 4) is 5.88 Å². The average Bonchev–Trinajstić information content (AvgIpc) is 2.33. The number of anilines is 3. The average molecular weight is 260 g/mol. The van der Waals surface area contributed by atoms with E-state index in [-0.39, 0.29) is 11.6 Å². The first-order chi connectivity index (χ1) is 9.02. The van der Waals surface area contributed by atoms with Crippen LogP contribution >= 0.6 is 0 Å². The molecule has 1 heterocycles. The van der Waals surface area contributed by atoms with Gasteiger partial charge >= 0.3 is 0 Å². The molecule has 0 fully saturated rings. The Morgan fingerprint density at radius 2 is 2.21 bits per heavy atom. The van der Waals surface area contributed by atoms with Gasteiger partial charge in [0, 0.05) is 5.69 Å². The molecule has 0 unspecified atom stereocenters. The van der Waals surface area contributed by atoms with E-state index in [1.807, 2.05) is 13.0 Å². The predicted molar refractivity (Wildman–Crippen MR) is 70.3 cm³/mol. The molecule has 1 aromatic heterocycles. The number of nitrogens with one attached hydrogen (secondary N) is 1. The van der Waals surface area contributed by atoms with Crippen molar-refractivity contribution in [1.29, 1.82) is 0 Å². The molecule has 0 aliphatic rings. The molecule has 0 saturated carbocycles. The molecule has 19 heavy (non-hydrogen) atoms. The highest BCUT2D eigenvalue weighted by atomic mass is 16.3. The molecule has 2 aromatic rings. The lowest BCUT2D eigenvalue weighted by Crippen LogP contribution is -2.24. The van der Waals surface area contributed by atoms with Gasteiger partial charge in [0.2, 0.25) is 18.2 Å². The van der Waals surface area contributed by atoms with Gasteiger partial charge in [-0.2, -0.15) is 4.98 Å². The molecule has 0 aliphatic heterocycles. The summed E-state index contributed by atoms with van der Waals surface area (Å²) in [5.74, 6) is -0.823. The first-order valence-electron chi connectivity index (χ1n) is 5.43. The summed E-state index contributed by atoms with van der Waals surface area (Å²) in [4.78, 5) is 29.8. The van der Waals surface area contributed by atoms with Crippen molar-refractivity contribution >= 4 is 23.7 Å². The van der Waals surface area contributed by atoms with Crippen LogP contribution in [0.1, 0.15) is 5.56 Å². The van der Waals surface area contributed by atoms with E-state index in [1.54, 1.807) is 18.2 Å². The maximum atomic E-state index is 11.8. The molecule has 7 nitrogen and oxygen atoms in total.